The lowest BCUT2D eigenvalue weighted by molar-refractivity contribution is -0.163. The number of nitrogens with one attached hydrogen (secondary N) is 1. The molecule has 7 rings (SSSR count). The molecule has 2 amide bonds. The van der Waals surface area contributed by atoms with Gasteiger partial charge in [0.15, 0.2) is 5.69 Å². The Labute approximate surface area is 305 Å². The van der Waals surface area contributed by atoms with Crippen LogP contribution in [0.2, 0.25) is 0 Å². The van der Waals surface area contributed by atoms with Crippen molar-refractivity contribution in [2.24, 2.45) is 23.7 Å². The molecule has 51 heavy (non-hydrogen) atoms. The van der Waals surface area contributed by atoms with Crippen LogP contribution in [0.5, 0.6) is 17.2 Å². The van der Waals surface area contributed by atoms with Crippen LogP contribution in [0.3, 0.4) is 0 Å². The number of methoxy groups -OCH3 is 3. The number of nitrogens with zero attached hydrogens (tertiary/aromatic N) is 4. The van der Waals surface area contributed by atoms with Crippen LogP contribution in [0, 0.1) is 23.7 Å². The highest BCUT2D eigenvalue weighted by Crippen LogP contribution is 2.58. The van der Waals surface area contributed by atoms with Gasteiger partial charge in [0.05, 0.1) is 32.6 Å². The van der Waals surface area contributed by atoms with E-state index in [9.17, 15) is 19.5 Å². The number of aliphatic carboxylic acids is 1. The predicted molar refractivity (Wildman–Crippen MR) is 196 cm³/mol. The summed E-state index contributed by atoms with van der Waals surface area (Å²) in [6, 6.07) is 12.1. The van der Waals surface area contributed by atoms with Gasteiger partial charge in [0.25, 0.3) is 11.8 Å². The van der Waals surface area contributed by atoms with Crippen LogP contribution in [0.4, 0.5) is 0 Å². The number of likely N-dealkylation sites (N-methyl/N-ethyl adjacent to an activating group) is 2. The number of aromatic nitrogens is 2. The first-order valence-corrected chi connectivity index (χ1v) is 17.6. The van der Waals surface area contributed by atoms with E-state index in [4.69, 9.17) is 19.3 Å². The molecular formula is C38H50ClN5O7. The van der Waals surface area contributed by atoms with Gasteiger partial charge in [-0.15, -0.1) is 12.4 Å². The van der Waals surface area contributed by atoms with E-state index in [0.717, 1.165) is 51.7 Å². The predicted octanol–water partition coefficient (Wildman–Crippen LogP) is 5.41. The summed E-state index contributed by atoms with van der Waals surface area (Å²) in [5.74, 6) is 0.458. The highest BCUT2D eigenvalue weighted by Gasteiger charge is 2.62. The van der Waals surface area contributed by atoms with Crippen LogP contribution < -0.4 is 19.5 Å². The molecule has 4 aliphatic rings. The number of ether oxygens (including phenoxy) is 3. The summed E-state index contributed by atoms with van der Waals surface area (Å²) in [4.78, 5) is 44.7. The maximum atomic E-state index is 14.2. The zero-order chi connectivity index (χ0) is 35.7. The molecule has 1 aromatic heterocycles. The molecule has 0 unspecified atom stereocenters. The highest BCUT2D eigenvalue weighted by atomic mass is 35.5. The lowest BCUT2D eigenvalue weighted by Crippen LogP contribution is -2.70. The third kappa shape index (κ3) is 6.87. The first kappa shape index (κ1) is 38.0. The van der Waals surface area contributed by atoms with Gasteiger partial charge >= 0.3 is 5.97 Å². The maximum absolute atomic E-state index is 14.2. The fraction of sp³-hybridized carbons (Fsp3) is 0.526. The van der Waals surface area contributed by atoms with Crippen LogP contribution in [0.25, 0.3) is 16.9 Å². The average molecular weight is 724 g/mol. The number of carboxylic acid groups (broad SMARTS) is 1. The largest absolute Gasteiger partial charge is 0.496 e. The summed E-state index contributed by atoms with van der Waals surface area (Å²) in [7, 11) is 6.39. The van der Waals surface area contributed by atoms with Crippen molar-refractivity contribution >= 4 is 30.2 Å². The van der Waals surface area contributed by atoms with Crippen molar-refractivity contribution in [3.8, 4) is 34.2 Å². The van der Waals surface area contributed by atoms with Gasteiger partial charge in [-0.3, -0.25) is 9.59 Å². The third-order valence-corrected chi connectivity index (χ3v) is 11.4. The molecule has 0 spiro atoms. The lowest BCUT2D eigenvalue weighted by Gasteiger charge is -2.59. The number of rotatable bonds is 14. The Balaban J connectivity index is 0.00000504. The van der Waals surface area contributed by atoms with Gasteiger partial charge in [0.2, 0.25) is 0 Å². The Hall–Kier alpha value is -4.29. The molecule has 276 valence electrons. The first-order valence-electron chi connectivity index (χ1n) is 17.6. The molecule has 2 N–H and O–H groups in total. The Morgan fingerprint density at radius 3 is 2.00 bits per heavy atom. The fourth-order valence-electron chi connectivity index (χ4n) is 8.88. The molecule has 4 saturated carbocycles. The van der Waals surface area contributed by atoms with Crippen LogP contribution in [0.1, 0.15) is 66.8 Å². The number of carbonyl (C=O) groups excluding carboxylic acids is 2. The van der Waals surface area contributed by atoms with Crippen LogP contribution >= 0.6 is 12.4 Å². The van der Waals surface area contributed by atoms with Gasteiger partial charge in [-0.05, 0) is 105 Å². The van der Waals surface area contributed by atoms with Gasteiger partial charge in [-0.25, -0.2) is 9.48 Å². The van der Waals surface area contributed by atoms with Crippen molar-refractivity contribution in [3.63, 3.8) is 0 Å². The molecule has 3 aromatic rings. The number of halogens is 1. The first-order chi connectivity index (χ1) is 24.1. The molecule has 0 saturated heterocycles. The fourth-order valence-corrected chi connectivity index (χ4v) is 8.88. The van der Waals surface area contributed by atoms with E-state index >= 15 is 0 Å². The zero-order valence-electron chi connectivity index (χ0n) is 30.3. The van der Waals surface area contributed by atoms with E-state index < -0.39 is 17.4 Å². The standard InChI is InChI=1S/C38H49N5O7.ClH/c1-7-42(8-2)15-14-41(3)36(45)25-12-13-29(33(21-25)50-6)43-30(34-31(48-4)10-9-11-32(34)49-5)22-28(40-43)35(44)39-38(37(46)47)26-17-23-16-24(19-26)20-27(38)18-23;/h9-13,21-24,26-27H,7-8,14-20H2,1-6H3,(H,39,44)(H,46,47);1H. The minimum Gasteiger partial charge on any atom is -0.496 e. The van der Waals surface area contributed by atoms with Crippen LogP contribution in [-0.2, 0) is 4.79 Å². The molecule has 4 aliphatic carbocycles. The second-order valence-electron chi connectivity index (χ2n) is 13.9. The highest BCUT2D eigenvalue weighted by molar-refractivity contribution is 5.98. The number of hydrogen-bond donors (Lipinski definition) is 2. The van der Waals surface area contributed by atoms with Gasteiger partial charge in [0, 0.05) is 25.7 Å². The SMILES string of the molecule is CCN(CC)CCN(C)C(=O)c1ccc(-n2nc(C(=O)NC3(C(=O)O)C4CC5CC(C4)CC3C5)cc2-c2c(OC)cccc2OC)c(OC)c1.Cl. The van der Waals surface area contributed by atoms with E-state index in [0.29, 0.717) is 58.1 Å². The molecule has 13 heteroatoms. The minimum absolute atomic E-state index is 0. The zero-order valence-corrected chi connectivity index (χ0v) is 31.1. The van der Waals surface area contributed by atoms with E-state index in [1.165, 1.54) is 7.11 Å². The molecule has 4 bridgehead atoms. The van der Waals surface area contributed by atoms with Crippen LogP contribution in [-0.4, -0.2) is 103 Å². The summed E-state index contributed by atoms with van der Waals surface area (Å²) in [5, 5.41) is 18.5. The van der Waals surface area contributed by atoms with Crippen molar-refractivity contribution in [2.75, 3.05) is 54.6 Å². The topological polar surface area (TPSA) is 135 Å². The summed E-state index contributed by atoms with van der Waals surface area (Å²) in [6.45, 7) is 7.34. The smallest absolute Gasteiger partial charge is 0.330 e. The molecule has 0 radical (unpaired) electrons. The van der Waals surface area contributed by atoms with Crippen molar-refractivity contribution in [2.45, 2.75) is 51.5 Å². The van der Waals surface area contributed by atoms with Crippen LogP contribution in [0.15, 0.2) is 42.5 Å². The van der Waals surface area contributed by atoms with E-state index in [1.54, 1.807) is 73.3 Å². The number of hydrogen-bond acceptors (Lipinski definition) is 8. The van der Waals surface area contributed by atoms with E-state index in [-0.39, 0.29) is 35.8 Å². The second kappa shape index (κ2) is 15.5. The number of carboxylic acids is 1. The monoisotopic (exact) mass is 723 g/mol. The normalized spacial score (nSPS) is 23.0. The summed E-state index contributed by atoms with van der Waals surface area (Å²) in [6.07, 6.45) is 4.40. The van der Waals surface area contributed by atoms with Crippen molar-refractivity contribution in [3.05, 3.63) is 53.7 Å². The van der Waals surface area contributed by atoms with Crippen molar-refractivity contribution in [1.29, 1.82) is 0 Å². The van der Waals surface area contributed by atoms with Crippen molar-refractivity contribution < 1.29 is 33.7 Å². The minimum atomic E-state index is -1.34. The molecular weight excluding hydrogens is 674 g/mol. The molecule has 0 aliphatic heterocycles. The van der Waals surface area contributed by atoms with Crippen molar-refractivity contribution in [1.82, 2.24) is 24.9 Å². The molecule has 1 heterocycles. The Morgan fingerprint density at radius 1 is 0.882 bits per heavy atom. The Bertz CT molecular complexity index is 1710. The third-order valence-electron chi connectivity index (χ3n) is 11.4. The van der Waals surface area contributed by atoms with Gasteiger partial charge < -0.3 is 34.4 Å². The summed E-state index contributed by atoms with van der Waals surface area (Å²) < 4.78 is 18.9. The van der Waals surface area contributed by atoms with Gasteiger partial charge in [0.1, 0.15) is 28.5 Å². The number of amides is 2. The van der Waals surface area contributed by atoms with E-state index in [2.05, 4.69) is 24.1 Å². The molecule has 4 fully saturated rings. The molecule has 2 aromatic carbocycles. The average Bonchev–Trinajstić information content (AvgIpc) is 3.57. The summed E-state index contributed by atoms with van der Waals surface area (Å²) in [5.41, 5.74) is 0.630. The molecule has 0 atom stereocenters. The number of carbonyl (C=O) groups is 3. The molecule has 12 nitrogen and oxygen atoms in total. The number of benzene rings is 2. The van der Waals surface area contributed by atoms with E-state index in [1.807, 2.05) is 0 Å². The lowest BCUT2D eigenvalue weighted by atomic mass is 9.48. The van der Waals surface area contributed by atoms with Gasteiger partial charge in [-0.1, -0.05) is 19.9 Å². The summed E-state index contributed by atoms with van der Waals surface area (Å²) >= 11 is 0. The second-order valence-corrected chi connectivity index (χ2v) is 13.9. The Morgan fingerprint density at radius 2 is 1.47 bits per heavy atom. The Kier molecular flexibility index (Phi) is 11.6. The quantitative estimate of drug-likeness (QED) is 0.224. The van der Waals surface area contributed by atoms with Gasteiger partial charge in [-0.2, -0.15) is 5.10 Å². The maximum Gasteiger partial charge on any atom is 0.330 e.